The average molecular weight is 348 g/mol. The van der Waals surface area contributed by atoms with Gasteiger partial charge in [-0.3, -0.25) is 0 Å². The van der Waals surface area contributed by atoms with Gasteiger partial charge >= 0.3 is 6.18 Å². The van der Waals surface area contributed by atoms with Gasteiger partial charge in [-0.1, -0.05) is 32.4 Å². The van der Waals surface area contributed by atoms with Gasteiger partial charge in [0.05, 0.1) is 5.56 Å². The lowest BCUT2D eigenvalue weighted by Crippen LogP contribution is -2.18. The Labute approximate surface area is 146 Å². The number of aryl methyl sites for hydroxylation is 1. The molecule has 0 fully saturated rings. The quantitative estimate of drug-likeness (QED) is 0.708. The van der Waals surface area contributed by atoms with Gasteiger partial charge in [-0.05, 0) is 55.2 Å². The van der Waals surface area contributed by atoms with Gasteiger partial charge in [0.1, 0.15) is 0 Å². The van der Waals surface area contributed by atoms with Crippen molar-refractivity contribution in [3.8, 4) is 11.4 Å². The Morgan fingerprint density at radius 2 is 1.92 bits per heavy atom. The molecule has 5 heteroatoms. The molecule has 2 aromatic rings. The van der Waals surface area contributed by atoms with Crippen molar-refractivity contribution < 1.29 is 13.2 Å². The third-order valence-electron chi connectivity index (χ3n) is 5.16. The summed E-state index contributed by atoms with van der Waals surface area (Å²) in [7, 11) is 0. The van der Waals surface area contributed by atoms with Crippen molar-refractivity contribution in [1.29, 1.82) is 0 Å². The number of hydrogen-bond acceptors (Lipinski definition) is 2. The van der Waals surface area contributed by atoms with Gasteiger partial charge in [0.15, 0.2) is 5.82 Å². The summed E-state index contributed by atoms with van der Waals surface area (Å²) in [4.78, 5) is 9.01. The molecule has 1 aromatic heterocycles. The minimum absolute atomic E-state index is 0.507. The first-order valence-electron chi connectivity index (χ1n) is 8.89. The molecule has 0 bridgehead atoms. The van der Waals surface area contributed by atoms with Gasteiger partial charge in [0, 0.05) is 17.5 Å². The zero-order valence-corrected chi connectivity index (χ0v) is 14.6. The van der Waals surface area contributed by atoms with Crippen LogP contribution in [0, 0.1) is 11.8 Å². The third-order valence-corrected chi connectivity index (χ3v) is 5.16. The molecule has 0 radical (unpaired) electrons. The summed E-state index contributed by atoms with van der Waals surface area (Å²) in [5.74, 6) is 1.93. The van der Waals surface area contributed by atoms with Crippen LogP contribution in [0.25, 0.3) is 11.4 Å². The summed E-state index contributed by atoms with van der Waals surface area (Å²) in [5.41, 5.74) is 2.21. The summed E-state index contributed by atoms with van der Waals surface area (Å²) in [6.45, 7) is 4.51. The summed E-state index contributed by atoms with van der Waals surface area (Å²) < 4.78 is 38.0. The maximum absolute atomic E-state index is 12.7. The fourth-order valence-corrected chi connectivity index (χ4v) is 3.47. The number of benzene rings is 1. The maximum Gasteiger partial charge on any atom is 0.416 e. The number of fused-ring (bicyclic) bond motifs is 1. The smallest absolute Gasteiger partial charge is 0.236 e. The highest BCUT2D eigenvalue weighted by molar-refractivity contribution is 5.56. The van der Waals surface area contributed by atoms with E-state index in [9.17, 15) is 13.2 Å². The highest BCUT2D eigenvalue weighted by Gasteiger charge is 2.30. The second kappa shape index (κ2) is 7.14. The van der Waals surface area contributed by atoms with Crippen molar-refractivity contribution in [3.63, 3.8) is 0 Å². The Balaban J connectivity index is 1.76. The van der Waals surface area contributed by atoms with Crippen molar-refractivity contribution >= 4 is 0 Å². The van der Waals surface area contributed by atoms with Crippen LogP contribution >= 0.6 is 0 Å². The van der Waals surface area contributed by atoms with Gasteiger partial charge in [-0.2, -0.15) is 13.2 Å². The normalized spacial score (nSPS) is 18.7. The van der Waals surface area contributed by atoms with Crippen LogP contribution in [0.3, 0.4) is 0 Å². The molecule has 0 aliphatic heterocycles. The van der Waals surface area contributed by atoms with E-state index < -0.39 is 11.7 Å². The lowest BCUT2D eigenvalue weighted by atomic mass is 9.81. The summed E-state index contributed by atoms with van der Waals surface area (Å²) >= 11 is 0. The Kier molecular flexibility index (Phi) is 5.11. The second-order valence-electron chi connectivity index (χ2n) is 7.10. The SMILES string of the molecule is CCC(C)CC1CCc2nc(-c3ccc(C(F)(F)F)cc3)ncc2C1. The topological polar surface area (TPSA) is 25.8 Å². The standard InChI is InChI=1S/C20H23F3N2/c1-3-13(2)10-14-4-9-18-16(11-14)12-24-19(25-18)15-5-7-17(8-6-15)20(21,22)23/h5-8,12-14H,3-4,9-11H2,1-2H3. The molecule has 3 rings (SSSR count). The molecule has 0 N–H and O–H groups in total. The van der Waals surface area contributed by atoms with Crippen LogP contribution in [0.1, 0.15) is 49.9 Å². The predicted octanol–water partition coefficient (Wildman–Crippen LogP) is 5.70. The van der Waals surface area contributed by atoms with Crippen molar-refractivity contribution in [3.05, 3.63) is 47.3 Å². The minimum atomic E-state index is -4.32. The number of hydrogen-bond donors (Lipinski definition) is 0. The average Bonchev–Trinajstić information content (AvgIpc) is 2.60. The maximum atomic E-state index is 12.7. The van der Waals surface area contributed by atoms with Gasteiger partial charge < -0.3 is 0 Å². The molecule has 1 aliphatic carbocycles. The summed E-state index contributed by atoms with van der Waals surface area (Å²) in [6.07, 6.45) is 3.03. The molecule has 0 saturated carbocycles. The van der Waals surface area contributed by atoms with Crippen LogP contribution in [0.2, 0.25) is 0 Å². The van der Waals surface area contributed by atoms with Gasteiger partial charge in [0.2, 0.25) is 0 Å². The lowest BCUT2D eigenvalue weighted by Gasteiger charge is -2.26. The number of rotatable bonds is 4. The Morgan fingerprint density at radius 1 is 1.20 bits per heavy atom. The molecule has 0 amide bonds. The molecule has 0 spiro atoms. The van der Waals surface area contributed by atoms with Crippen molar-refractivity contribution in [2.45, 2.75) is 52.1 Å². The second-order valence-corrected chi connectivity index (χ2v) is 7.10. The van der Waals surface area contributed by atoms with Gasteiger partial charge in [0.25, 0.3) is 0 Å². The van der Waals surface area contributed by atoms with Crippen molar-refractivity contribution in [2.75, 3.05) is 0 Å². The van der Waals surface area contributed by atoms with E-state index in [2.05, 4.69) is 23.8 Å². The van der Waals surface area contributed by atoms with Gasteiger partial charge in [-0.15, -0.1) is 0 Å². The molecule has 1 aliphatic rings. The van der Waals surface area contributed by atoms with Crippen molar-refractivity contribution in [2.24, 2.45) is 11.8 Å². The number of halogens is 3. The Morgan fingerprint density at radius 3 is 2.56 bits per heavy atom. The van der Waals surface area contributed by atoms with E-state index in [0.717, 1.165) is 43.0 Å². The third kappa shape index (κ3) is 4.20. The summed E-state index contributed by atoms with van der Waals surface area (Å²) in [5, 5.41) is 0. The molecule has 1 aromatic carbocycles. The zero-order valence-electron chi connectivity index (χ0n) is 14.6. The molecule has 25 heavy (non-hydrogen) atoms. The lowest BCUT2D eigenvalue weighted by molar-refractivity contribution is -0.137. The van der Waals surface area contributed by atoms with Crippen molar-refractivity contribution in [1.82, 2.24) is 9.97 Å². The van der Waals surface area contributed by atoms with Crippen LogP contribution in [0.15, 0.2) is 30.5 Å². The molecular weight excluding hydrogens is 325 g/mol. The van der Waals surface area contributed by atoms with Crippen LogP contribution in [0.5, 0.6) is 0 Å². The summed E-state index contributed by atoms with van der Waals surface area (Å²) in [6, 6.07) is 5.05. The van der Waals surface area contributed by atoms with E-state index in [4.69, 9.17) is 0 Å². The fraction of sp³-hybridized carbons (Fsp3) is 0.500. The van der Waals surface area contributed by atoms with Crippen LogP contribution in [-0.2, 0) is 19.0 Å². The predicted molar refractivity (Wildman–Crippen MR) is 92.1 cm³/mol. The van der Waals surface area contributed by atoms with E-state index in [-0.39, 0.29) is 0 Å². The molecular formula is C20H23F3N2. The monoisotopic (exact) mass is 348 g/mol. The molecule has 2 atom stereocenters. The highest BCUT2D eigenvalue weighted by atomic mass is 19.4. The fourth-order valence-electron chi connectivity index (χ4n) is 3.47. The first-order valence-corrected chi connectivity index (χ1v) is 8.89. The molecule has 0 saturated heterocycles. The van der Waals surface area contributed by atoms with Crippen LogP contribution in [0.4, 0.5) is 13.2 Å². The van der Waals surface area contributed by atoms with Gasteiger partial charge in [-0.25, -0.2) is 9.97 Å². The van der Waals surface area contributed by atoms with Crippen LogP contribution < -0.4 is 0 Å². The first-order chi connectivity index (χ1) is 11.9. The Hall–Kier alpha value is -1.91. The largest absolute Gasteiger partial charge is 0.416 e. The minimum Gasteiger partial charge on any atom is -0.236 e. The van der Waals surface area contributed by atoms with E-state index in [0.29, 0.717) is 17.3 Å². The number of alkyl halides is 3. The molecule has 134 valence electrons. The van der Waals surface area contributed by atoms with Crippen LogP contribution in [-0.4, -0.2) is 9.97 Å². The number of aromatic nitrogens is 2. The number of nitrogens with zero attached hydrogens (tertiary/aromatic N) is 2. The molecule has 2 unspecified atom stereocenters. The first kappa shape index (κ1) is 17.9. The van der Waals surface area contributed by atoms with E-state index in [1.54, 1.807) is 0 Å². The Bertz CT molecular complexity index is 723. The molecule has 2 nitrogen and oxygen atoms in total. The molecule has 1 heterocycles. The highest BCUT2D eigenvalue weighted by Crippen LogP contribution is 2.32. The van der Waals surface area contributed by atoms with E-state index in [1.165, 1.54) is 30.5 Å². The zero-order chi connectivity index (χ0) is 18.0. The van der Waals surface area contributed by atoms with E-state index >= 15 is 0 Å². The van der Waals surface area contributed by atoms with E-state index in [1.807, 2.05) is 6.20 Å².